The molecule has 1 aliphatic carbocycles. The molecule has 5 rings (SSSR count). The largest absolute Gasteiger partial charge is 0.493 e. The number of carbonyl (C=O) groups is 2. The molecule has 2 atom stereocenters. The molecule has 2 aliphatic heterocycles. The van der Waals surface area contributed by atoms with Gasteiger partial charge in [0.15, 0.2) is 12.1 Å². The van der Waals surface area contributed by atoms with Gasteiger partial charge in [-0.05, 0) is 74.4 Å². The van der Waals surface area contributed by atoms with Gasteiger partial charge >= 0.3 is 12.1 Å². The van der Waals surface area contributed by atoms with Crippen LogP contribution in [0.15, 0.2) is 24.3 Å². The highest BCUT2D eigenvalue weighted by molar-refractivity contribution is 6.30. The smallest absolute Gasteiger partial charge is 0.416 e. The van der Waals surface area contributed by atoms with Crippen LogP contribution < -0.4 is 4.74 Å². The van der Waals surface area contributed by atoms with E-state index in [1.165, 1.54) is 6.07 Å². The van der Waals surface area contributed by atoms with Crippen LogP contribution in [0.3, 0.4) is 0 Å². The van der Waals surface area contributed by atoms with Gasteiger partial charge in [-0.25, -0.2) is 13.6 Å². The van der Waals surface area contributed by atoms with Crippen molar-refractivity contribution in [3.8, 4) is 18.1 Å². The maximum atomic E-state index is 15.2. The topological polar surface area (TPSA) is 79.3 Å². The van der Waals surface area contributed by atoms with E-state index in [2.05, 4.69) is 5.92 Å². The minimum atomic E-state index is -4.64. The molecular weight excluding hydrogens is 599 g/mol. The van der Waals surface area contributed by atoms with Crippen molar-refractivity contribution in [1.29, 1.82) is 0 Å². The Morgan fingerprint density at radius 1 is 1.12 bits per heavy atom. The first kappa shape index (κ1) is 31.0. The van der Waals surface area contributed by atoms with Crippen molar-refractivity contribution in [3.63, 3.8) is 0 Å². The first-order chi connectivity index (χ1) is 20.4. The number of piperidine rings is 1. The highest BCUT2D eigenvalue weighted by Gasteiger charge is 2.44. The number of aliphatic carboxylic acids is 1. The van der Waals surface area contributed by atoms with Crippen LogP contribution >= 0.6 is 11.6 Å². The quantitative estimate of drug-likeness (QED) is 0.300. The second kappa shape index (κ2) is 12.3. The van der Waals surface area contributed by atoms with E-state index in [1.54, 1.807) is 0 Å². The normalized spacial score (nSPS) is 21.6. The number of hydrogen-bond donors (Lipinski definition) is 1. The van der Waals surface area contributed by atoms with Crippen molar-refractivity contribution in [2.45, 2.75) is 56.5 Å². The lowest BCUT2D eigenvalue weighted by molar-refractivity contribution is -0.141. The summed E-state index contributed by atoms with van der Waals surface area (Å²) in [5.41, 5.74) is -0.772. The van der Waals surface area contributed by atoms with Crippen LogP contribution in [0.5, 0.6) is 5.75 Å². The molecule has 0 unspecified atom stereocenters. The van der Waals surface area contributed by atoms with Crippen LogP contribution in [0, 0.1) is 29.9 Å². The van der Waals surface area contributed by atoms with Crippen molar-refractivity contribution in [2.75, 3.05) is 26.4 Å². The van der Waals surface area contributed by atoms with Gasteiger partial charge in [-0.1, -0.05) is 17.5 Å². The number of ether oxygens (including phenoxy) is 2. The molecular formula is C30H28ClF5N2O5. The summed E-state index contributed by atoms with van der Waals surface area (Å²) in [6.07, 6.45) is 2.43. The molecule has 0 spiro atoms. The van der Waals surface area contributed by atoms with Crippen LogP contribution in [0.2, 0.25) is 5.02 Å². The summed E-state index contributed by atoms with van der Waals surface area (Å²) in [4.78, 5) is 27.6. The lowest BCUT2D eigenvalue weighted by Gasteiger charge is -2.32. The molecule has 2 heterocycles. The summed E-state index contributed by atoms with van der Waals surface area (Å²) in [5, 5.41) is 8.97. The number of halogens is 6. The van der Waals surface area contributed by atoms with E-state index in [9.17, 15) is 32.3 Å². The Balaban J connectivity index is 1.22. The van der Waals surface area contributed by atoms with Crippen LogP contribution in [0.1, 0.15) is 58.6 Å². The van der Waals surface area contributed by atoms with Crippen molar-refractivity contribution >= 4 is 23.5 Å². The number of carbonyl (C=O) groups excluding carboxylic acids is 1. The fourth-order valence-corrected chi connectivity index (χ4v) is 5.73. The number of amides is 1. The molecule has 0 bridgehead atoms. The SMILES string of the molecule is C#C[C@H]1OCN(C(=O)c2cc(C3CC3)c(OCC3CCN(Cc4cc(C(F)(F)F)cc(Cl)c4F)CC3)cc2F)[C@@H]1C(=O)O. The van der Waals surface area contributed by atoms with Gasteiger partial charge in [-0.3, -0.25) is 14.6 Å². The molecule has 2 saturated heterocycles. The summed E-state index contributed by atoms with van der Waals surface area (Å²) in [6.45, 7) is 0.810. The molecule has 7 nitrogen and oxygen atoms in total. The van der Waals surface area contributed by atoms with Crippen molar-refractivity contribution < 1.29 is 46.1 Å². The number of likely N-dealkylation sites (tertiary alicyclic amines) is 1. The highest BCUT2D eigenvalue weighted by atomic mass is 35.5. The molecule has 3 aliphatic rings. The minimum Gasteiger partial charge on any atom is -0.493 e. The summed E-state index contributed by atoms with van der Waals surface area (Å²) in [5.74, 6) is -1.32. The summed E-state index contributed by atoms with van der Waals surface area (Å²) < 4.78 is 80.4. The summed E-state index contributed by atoms with van der Waals surface area (Å²) in [6, 6.07) is 2.47. The molecule has 1 N–H and O–H groups in total. The first-order valence-electron chi connectivity index (χ1n) is 13.7. The Labute approximate surface area is 249 Å². The Morgan fingerprint density at radius 2 is 1.81 bits per heavy atom. The third-order valence-electron chi connectivity index (χ3n) is 8.05. The fraction of sp³-hybridized carbons (Fsp3) is 0.467. The van der Waals surface area contributed by atoms with E-state index in [1.807, 2.05) is 4.90 Å². The van der Waals surface area contributed by atoms with E-state index >= 15 is 4.39 Å². The number of benzene rings is 2. The second-order valence-electron chi connectivity index (χ2n) is 11.0. The van der Waals surface area contributed by atoms with E-state index in [4.69, 9.17) is 27.5 Å². The zero-order valence-electron chi connectivity index (χ0n) is 22.8. The number of hydrogen-bond acceptors (Lipinski definition) is 5. The van der Waals surface area contributed by atoms with Gasteiger partial charge in [0, 0.05) is 18.2 Å². The number of carboxylic acids is 1. The Kier molecular flexibility index (Phi) is 8.88. The third-order valence-corrected chi connectivity index (χ3v) is 8.32. The average molecular weight is 627 g/mol. The lowest BCUT2D eigenvalue weighted by Crippen LogP contribution is -2.45. The number of terminal acetylenes is 1. The Hall–Kier alpha value is -3.40. The van der Waals surface area contributed by atoms with Crippen LogP contribution in [0.4, 0.5) is 22.0 Å². The Bertz CT molecular complexity index is 1450. The second-order valence-corrected chi connectivity index (χ2v) is 11.5. The zero-order chi connectivity index (χ0) is 31.1. The van der Waals surface area contributed by atoms with Gasteiger partial charge in [0.25, 0.3) is 5.91 Å². The van der Waals surface area contributed by atoms with Gasteiger partial charge in [0.1, 0.15) is 24.1 Å². The molecule has 1 saturated carbocycles. The van der Waals surface area contributed by atoms with E-state index in [0.29, 0.717) is 43.3 Å². The van der Waals surface area contributed by atoms with E-state index in [-0.39, 0.29) is 42.8 Å². The number of rotatable bonds is 8. The molecule has 2 aromatic rings. The molecule has 1 amide bonds. The van der Waals surface area contributed by atoms with Crippen molar-refractivity contribution in [1.82, 2.24) is 9.80 Å². The van der Waals surface area contributed by atoms with Gasteiger partial charge in [-0.15, -0.1) is 6.42 Å². The maximum Gasteiger partial charge on any atom is 0.416 e. The van der Waals surface area contributed by atoms with Gasteiger partial charge in [0.05, 0.1) is 22.8 Å². The standard InChI is InChI=1S/C30H28ClF5N2O5/c1-2-24-27(29(40)41)38(15-43-24)28(39)21-11-20(17-3-4-17)25(12-23(21)32)42-14-16-5-7-37(8-6-16)13-18-9-19(30(34,35)36)10-22(31)26(18)33/h1,9-12,16-17,24,27H,3-8,13-15H2,(H,40,41)/t24-,27+/m1/s1. The third kappa shape index (κ3) is 6.74. The molecule has 230 valence electrons. The summed E-state index contributed by atoms with van der Waals surface area (Å²) >= 11 is 5.71. The van der Waals surface area contributed by atoms with Gasteiger partial charge in [-0.2, -0.15) is 13.2 Å². The molecule has 3 fully saturated rings. The minimum absolute atomic E-state index is 0.0253. The molecule has 0 aromatic heterocycles. The predicted octanol–water partition coefficient (Wildman–Crippen LogP) is 5.69. The van der Waals surface area contributed by atoms with Crippen LogP contribution in [-0.4, -0.2) is 65.4 Å². The number of carboxylic acid groups (broad SMARTS) is 1. The fourth-order valence-electron chi connectivity index (χ4n) is 5.50. The van der Waals surface area contributed by atoms with Crippen LogP contribution in [-0.2, 0) is 22.3 Å². The summed E-state index contributed by atoms with van der Waals surface area (Å²) in [7, 11) is 0. The Morgan fingerprint density at radius 3 is 2.42 bits per heavy atom. The van der Waals surface area contributed by atoms with Gasteiger partial charge in [0.2, 0.25) is 0 Å². The highest BCUT2D eigenvalue weighted by Crippen LogP contribution is 2.45. The van der Waals surface area contributed by atoms with E-state index in [0.717, 1.165) is 29.9 Å². The molecule has 43 heavy (non-hydrogen) atoms. The monoisotopic (exact) mass is 626 g/mol. The molecule has 2 aromatic carbocycles. The van der Waals surface area contributed by atoms with Gasteiger partial charge < -0.3 is 14.6 Å². The average Bonchev–Trinajstić information content (AvgIpc) is 3.71. The lowest BCUT2D eigenvalue weighted by atomic mass is 9.97. The number of nitrogens with zero attached hydrogens (tertiary/aromatic N) is 2. The van der Waals surface area contributed by atoms with E-state index < -0.39 is 52.4 Å². The molecule has 13 heteroatoms. The van der Waals surface area contributed by atoms with Crippen LogP contribution in [0.25, 0.3) is 0 Å². The first-order valence-corrected chi connectivity index (χ1v) is 14.1. The predicted molar refractivity (Wildman–Crippen MR) is 144 cm³/mol. The number of alkyl halides is 3. The van der Waals surface area contributed by atoms with Crippen molar-refractivity contribution in [3.05, 3.63) is 63.2 Å². The molecule has 0 radical (unpaired) electrons. The van der Waals surface area contributed by atoms with Crippen molar-refractivity contribution in [2.24, 2.45) is 5.92 Å². The maximum absolute atomic E-state index is 15.2. The zero-order valence-corrected chi connectivity index (χ0v) is 23.6.